The Hall–Kier alpha value is -0.710. The Morgan fingerprint density at radius 3 is 3.05 bits per heavy atom. The molecule has 0 amide bonds. The number of benzene rings is 1. The number of rotatable bonds is 3. The average Bonchev–Trinajstić information content (AvgIpc) is 2.85. The SMILES string of the molecule is NC(Cc1cc(F)cc(Br)c1)C1CCCc2sccc21. The average molecular weight is 354 g/mol. The van der Waals surface area contributed by atoms with Gasteiger partial charge in [-0.3, -0.25) is 0 Å². The minimum atomic E-state index is -0.207. The van der Waals surface area contributed by atoms with Gasteiger partial charge in [0, 0.05) is 21.3 Å². The Morgan fingerprint density at radius 1 is 1.40 bits per heavy atom. The normalized spacial score (nSPS) is 19.6. The summed E-state index contributed by atoms with van der Waals surface area (Å²) in [4.78, 5) is 1.48. The zero-order chi connectivity index (χ0) is 14.1. The van der Waals surface area contributed by atoms with Crippen molar-refractivity contribution in [1.29, 1.82) is 0 Å². The molecule has 0 saturated heterocycles. The molecule has 0 saturated carbocycles. The molecule has 20 heavy (non-hydrogen) atoms. The van der Waals surface area contributed by atoms with E-state index >= 15 is 0 Å². The standard InChI is InChI=1S/C16H17BrFNS/c17-11-6-10(7-12(18)9-11)8-15(19)13-2-1-3-16-14(13)4-5-20-16/h4-7,9,13,15H,1-3,8,19H2. The van der Waals surface area contributed by atoms with Gasteiger partial charge in [-0.25, -0.2) is 4.39 Å². The van der Waals surface area contributed by atoms with E-state index in [0.717, 1.165) is 22.9 Å². The van der Waals surface area contributed by atoms with Gasteiger partial charge in [0.15, 0.2) is 0 Å². The van der Waals surface area contributed by atoms with Crippen LogP contribution in [0, 0.1) is 5.82 Å². The summed E-state index contributed by atoms with van der Waals surface area (Å²) in [6.07, 6.45) is 4.25. The lowest BCUT2D eigenvalue weighted by Gasteiger charge is -2.28. The second-order valence-electron chi connectivity index (χ2n) is 5.44. The van der Waals surface area contributed by atoms with Crippen LogP contribution in [0.3, 0.4) is 0 Å². The van der Waals surface area contributed by atoms with Gasteiger partial charge in [-0.05, 0) is 66.5 Å². The van der Waals surface area contributed by atoms with E-state index in [9.17, 15) is 4.39 Å². The fraction of sp³-hybridized carbons (Fsp3) is 0.375. The summed E-state index contributed by atoms with van der Waals surface area (Å²) in [7, 11) is 0. The zero-order valence-corrected chi connectivity index (χ0v) is 13.5. The van der Waals surface area contributed by atoms with E-state index in [1.807, 2.05) is 17.4 Å². The molecule has 4 heteroatoms. The van der Waals surface area contributed by atoms with Crippen LogP contribution in [-0.4, -0.2) is 6.04 Å². The van der Waals surface area contributed by atoms with E-state index in [1.165, 1.54) is 29.3 Å². The van der Waals surface area contributed by atoms with Crippen molar-refractivity contribution in [1.82, 2.24) is 0 Å². The Kier molecular flexibility index (Phi) is 4.24. The zero-order valence-electron chi connectivity index (χ0n) is 11.1. The monoisotopic (exact) mass is 353 g/mol. The van der Waals surface area contributed by atoms with Crippen molar-refractivity contribution >= 4 is 27.3 Å². The number of nitrogens with two attached hydrogens (primary N) is 1. The lowest BCUT2D eigenvalue weighted by atomic mass is 9.81. The van der Waals surface area contributed by atoms with Crippen LogP contribution in [0.5, 0.6) is 0 Å². The van der Waals surface area contributed by atoms with E-state index in [0.29, 0.717) is 5.92 Å². The first-order valence-corrected chi connectivity index (χ1v) is 8.57. The molecular formula is C16H17BrFNS. The van der Waals surface area contributed by atoms with Crippen molar-refractivity contribution in [2.24, 2.45) is 5.73 Å². The lowest BCUT2D eigenvalue weighted by Crippen LogP contribution is -2.32. The summed E-state index contributed by atoms with van der Waals surface area (Å²) in [5.41, 5.74) is 8.81. The maximum absolute atomic E-state index is 13.4. The highest BCUT2D eigenvalue weighted by Crippen LogP contribution is 2.37. The maximum atomic E-state index is 13.4. The van der Waals surface area contributed by atoms with Gasteiger partial charge in [0.1, 0.15) is 5.82 Å². The molecular weight excluding hydrogens is 337 g/mol. The number of fused-ring (bicyclic) bond motifs is 1. The Labute approximate surface area is 131 Å². The van der Waals surface area contributed by atoms with Crippen molar-refractivity contribution in [3.63, 3.8) is 0 Å². The molecule has 106 valence electrons. The highest BCUT2D eigenvalue weighted by molar-refractivity contribution is 9.10. The number of hydrogen-bond acceptors (Lipinski definition) is 2. The Bertz CT molecular complexity index is 590. The largest absolute Gasteiger partial charge is 0.327 e. The lowest BCUT2D eigenvalue weighted by molar-refractivity contribution is 0.463. The molecule has 1 aliphatic rings. The first-order valence-electron chi connectivity index (χ1n) is 6.90. The minimum Gasteiger partial charge on any atom is -0.327 e. The third kappa shape index (κ3) is 2.97. The minimum absolute atomic E-state index is 0.0531. The molecule has 2 aromatic rings. The molecule has 0 bridgehead atoms. The van der Waals surface area contributed by atoms with Crippen molar-refractivity contribution in [3.8, 4) is 0 Å². The molecule has 0 spiro atoms. The third-order valence-electron chi connectivity index (χ3n) is 4.01. The quantitative estimate of drug-likeness (QED) is 0.854. The van der Waals surface area contributed by atoms with E-state index in [-0.39, 0.29) is 11.9 Å². The van der Waals surface area contributed by atoms with Crippen LogP contribution < -0.4 is 5.73 Å². The highest BCUT2D eigenvalue weighted by atomic mass is 79.9. The molecule has 1 heterocycles. The van der Waals surface area contributed by atoms with Gasteiger partial charge < -0.3 is 5.73 Å². The summed E-state index contributed by atoms with van der Waals surface area (Å²) in [6.45, 7) is 0. The fourth-order valence-corrected chi connectivity index (χ4v) is 4.62. The Morgan fingerprint density at radius 2 is 2.25 bits per heavy atom. The van der Waals surface area contributed by atoms with Crippen LogP contribution in [0.25, 0.3) is 0 Å². The molecule has 2 atom stereocenters. The second kappa shape index (κ2) is 5.96. The van der Waals surface area contributed by atoms with E-state index in [4.69, 9.17) is 5.73 Å². The smallest absolute Gasteiger partial charge is 0.124 e. The fourth-order valence-electron chi connectivity index (χ4n) is 3.11. The summed E-state index contributed by atoms with van der Waals surface area (Å²) in [5.74, 6) is 0.202. The molecule has 0 radical (unpaired) electrons. The van der Waals surface area contributed by atoms with Crippen LogP contribution in [0.1, 0.15) is 34.8 Å². The van der Waals surface area contributed by atoms with E-state index in [1.54, 1.807) is 6.07 Å². The number of aryl methyl sites for hydroxylation is 1. The molecule has 1 aromatic heterocycles. The van der Waals surface area contributed by atoms with Crippen molar-refractivity contribution in [2.45, 2.75) is 37.6 Å². The topological polar surface area (TPSA) is 26.0 Å². The summed E-state index contributed by atoms with van der Waals surface area (Å²) >= 11 is 5.17. The van der Waals surface area contributed by atoms with Crippen molar-refractivity contribution < 1.29 is 4.39 Å². The molecule has 0 fully saturated rings. The van der Waals surface area contributed by atoms with Crippen LogP contribution in [0.4, 0.5) is 4.39 Å². The first-order chi connectivity index (χ1) is 9.63. The molecule has 2 N–H and O–H groups in total. The molecule has 3 rings (SSSR count). The van der Waals surface area contributed by atoms with Gasteiger partial charge in [0.2, 0.25) is 0 Å². The molecule has 2 unspecified atom stereocenters. The first kappa shape index (κ1) is 14.2. The summed E-state index contributed by atoms with van der Waals surface area (Å²) in [5, 5.41) is 2.16. The van der Waals surface area contributed by atoms with Gasteiger partial charge in [0.25, 0.3) is 0 Å². The summed E-state index contributed by atoms with van der Waals surface area (Å²) in [6, 6.07) is 7.29. The molecule has 1 aromatic carbocycles. The van der Waals surface area contributed by atoms with Crippen LogP contribution in [0.15, 0.2) is 34.1 Å². The number of thiophene rings is 1. The molecule has 1 nitrogen and oxygen atoms in total. The van der Waals surface area contributed by atoms with Crippen molar-refractivity contribution in [2.75, 3.05) is 0 Å². The van der Waals surface area contributed by atoms with Crippen LogP contribution >= 0.6 is 27.3 Å². The van der Waals surface area contributed by atoms with Gasteiger partial charge >= 0.3 is 0 Å². The van der Waals surface area contributed by atoms with Gasteiger partial charge in [0.05, 0.1) is 0 Å². The van der Waals surface area contributed by atoms with Gasteiger partial charge in [-0.15, -0.1) is 11.3 Å². The summed E-state index contributed by atoms with van der Waals surface area (Å²) < 4.78 is 14.2. The Balaban J connectivity index is 1.79. The third-order valence-corrected chi connectivity index (χ3v) is 5.46. The van der Waals surface area contributed by atoms with Crippen molar-refractivity contribution in [3.05, 3.63) is 55.9 Å². The van der Waals surface area contributed by atoms with Gasteiger partial charge in [-0.1, -0.05) is 15.9 Å². The highest BCUT2D eigenvalue weighted by Gasteiger charge is 2.26. The van der Waals surface area contributed by atoms with Gasteiger partial charge in [-0.2, -0.15) is 0 Å². The number of halogens is 2. The maximum Gasteiger partial charge on any atom is 0.124 e. The van der Waals surface area contributed by atoms with E-state index < -0.39 is 0 Å². The van der Waals surface area contributed by atoms with E-state index in [2.05, 4.69) is 27.4 Å². The predicted molar refractivity (Wildman–Crippen MR) is 85.8 cm³/mol. The molecule has 1 aliphatic carbocycles. The second-order valence-corrected chi connectivity index (χ2v) is 7.36. The number of hydrogen-bond donors (Lipinski definition) is 1. The van der Waals surface area contributed by atoms with Crippen LogP contribution in [-0.2, 0) is 12.8 Å². The van der Waals surface area contributed by atoms with Crippen LogP contribution in [0.2, 0.25) is 0 Å². The predicted octanol–water partition coefficient (Wildman–Crippen LogP) is 4.64. The molecule has 0 aliphatic heterocycles.